The summed E-state index contributed by atoms with van der Waals surface area (Å²) in [6.07, 6.45) is 5.50. The molecule has 0 spiro atoms. The van der Waals surface area contributed by atoms with Gasteiger partial charge in [-0.3, -0.25) is 0 Å². The minimum absolute atomic E-state index is 0. The molecule has 3 rings (SSSR count). The van der Waals surface area contributed by atoms with Gasteiger partial charge < -0.3 is 19.3 Å². The van der Waals surface area contributed by atoms with Crippen molar-refractivity contribution in [3.05, 3.63) is 0 Å². The number of rotatable bonds is 1. The fourth-order valence-corrected chi connectivity index (χ4v) is 3.52. The number of ether oxygens (including phenoxy) is 3. The number of epoxide rings is 1. The van der Waals surface area contributed by atoms with E-state index in [4.69, 9.17) is 14.2 Å². The van der Waals surface area contributed by atoms with Gasteiger partial charge in [-0.15, -0.1) is 0 Å². The van der Waals surface area contributed by atoms with Crippen molar-refractivity contribution in [1.29, 1.82) is 0 Å². The molecule has 4 nitrogen and oxygen atoms in total. The Morgan fingerprint density at radius 1 is 0.865 bits per heavy atom. The highest BCUT2D eigenvalue weighted by atomic mass is 28.3. The van der Waals surface area contributed by atoms with Gasteiger partial charge in [0.2, 0.25) is 0 Å². The Bertz CT molecular complexity index is 583. The first-order valence-corrected chi connectivity index (χ1v) is 18.4. The predicted molar refractivity (Wildman–Crippen MR) is 168 cm³/mol. The molecule has 4 atom stereocenters. The molecule has 2 aliphatic heterocycles. The largest absolute Gasteiger partial charge is 0.389 e. The quantitative estimate of drug-likeness (QED) is 0.261. The number of hydrogen-bond donors (Lipinski definition) is 1. The van der Waals surface area contributed by atoms with Crippen molar-refractivity contribution in [3.63, 3.8) is 0 Å². The summed E-state index contributed by atoms with van der Waals surface area (Å²) in [5.41, 5.74) is 0.426. The van der Waals surface area contributed by atoms with Gasteiger partial charge in [-0.25, -0.2) is 0 Å². The lowest BCUT2D eigenvalue weighted by Crippen LogP contribution is -2.41. The molecule has 5 heteroatoms. The van der Waals surface area contributed by atoms with E-state index >= 15 is 0 Å². The second kappa shape index (κ2) is 15.7. The smallest absolute Gasteiger partial charge is 0.163 e. The Balaban J connectivity index is -0.000000401. The molecule has 1 aliphatic carbocycles. The molecule has 37 heavy (non-hydrogen) atoms. The minimum Gasteiger partial charge on any atom is -0.389 e. The normalized spacial score (nSPS) is 30.4. The third-order valence-electron chi connectivity index (χ3n) is 7.39. The maximum Gasteiger partial charge on any atom is 0.163 e. The molecule has 0 aromatic rings. The van der Waals surface area contributed by atoms with Crippen LogP contribution in [0.4, 0.5) is 0 Å². The Hall–Kier alpha value is 0.0569. The Morgan fingerprint density at radius 2 is 1.22 bits per heavy atom. The summed E-state index contributed by atoms with van der Waals surface area (Å²) in [4.78, 5) is 0. The van der Waals surface area contributed by atoms with E-state index in [-0.39, 0.29) is 30.3 Å². The highest BCUT2D eigenvalue weighted by molar-refractivity contribution is 6.74. The van der Waals surface area contributed by atoms with Gasteiger partial charge in [0.05, 0.1) is 30.0 Å². The molecule has 0 aromatic carbocycles. The second-order valence-electron chi connectivity index (χ2n) is 15.6. The van der Waals surface area contributed by atoms with Crippen LogP contribution in [0.2, 0.25) is 26.2 Å². The van der Waals surface area contributed by atoms with Crippen molar-refractivity contribution < 1.29 is 19.3 Å². The third kappa shape index (κ3) is 19.7. The van der Waals surface area contributed by atoms with Crippen LogP contribution in [0.15, 0.2) is 0 Å². The van der Waals surface area contributed by atoms with Crippen molar-refractivity contribution in [2.75, 3.05) is 6.61 Å². The van der Waals surface area contributed by atoms with Crippen LogP contribution >= 0.6 is 0 Å². The second-order valence-corrected chi connectivity index (χ2v) is 21.6. The van der Waals surface area contributed by atoms with E-state index in [9.17, 15) is 5.11 Å². The Morgan fingerprint density at radius 3 is 1.30 bits per heavy atom. The van der Waals surface area contributed by atoms with Crippen molar-refractivity contribution in [3.8, 4) is 0 Å². The van der Waals surface area contributed by atoms with Gasteiger partial charge in [0.1, 0.15) is 0 Å². The van der Waals surface area contributed by atoms with Crippen molar-refractivity contribution in [2.24, 2.45) is 16.7 Å². The summed E-state index contributed by atoms with van der Waals surface area (Å²) in [6.45, 7) is 39.6. The monoisotopic (exact) mass is 549 g/mol. The van der Waals surface area contributed by atoms with E-state index in [1.54, 1.807) is 0 Å². The average Bonchev–Trinajstić information content (AvgIpc) is 2.95. The first kappa shape index (κ1) is 41.5. The summed E-state index contributed by atoms with van der Waals surface area (Å²) < 4.78 is 15.7. The lowest BCUT2D eigenvalue weighted by Gasteiger charge is -2.37. The van der Waals surface area contributed by atoms with E-state index in [1.807, 2.05) is 27.7 Å². The standard InChI is InChI=1S/C10H20O.C6H12O2.C6H14.C5H10O.C4H12Si.CH4/c1-5-8-6-7-9(2,3)10(8,4)11;1-5-4-7-6(2,3)8-5;1-5-6(2,3)4;1-4-5(2,3)6-4;1-5(2,3)4;/h8,11H,5-7H2,1-4H3;5H,4H2,1-3H3;5H2,1-4H3;4H,1-3H3;1-4H3;1H4. The van der Waals surface area contributed by atoms with Gasteiger partial charge >= 0.3 is 0 Å². The van der Waals surface area contributed by atoms with Gasteiger partial charge in [-0.05, 0) is 78.1 Å². The van der Waals surface area contributed by atoms with Crippen LogP contribution in [-0.2, 0) is 14.2 Å². The number of hydrogen-bond acceptors (Lipinski definition) is 4. The summed E-state index contributed by atoms with van der Waals surface area (Å²) >= 11 is 0. The van der Waals surface area contributed by atoms with E-state index in [2.05, 4.69) is 95.4 Å². The first-order chi connectivity index (χ1) is 15.7. The fraction of sp³-hybridized carbons (Fsp3) is 1.00. The van der Waals surface area contributed by atoms with Crippen LogP contribution in [0, 0.1) is 16.7 Å². The summed E-state index contributed by atoms with van der Waals surface area (Å²) in [7, 11) is -0.611. The van der Waals surface area contributed by atoms with Crippen molar-refractivity contribution >= 4 is 8.07 Å². The molecule has 4 unspecified atom stereocenters. The third-order valence-corrected chi connectivity index (χ3v) is 7.39. The van der Waals surface area contributed by atoms with Crippen LogP contribution in [0.5, 0.6) is 0 Å². The predicted octanol–water partition coefficient (Wildman–Crippen LogP) is 9.96. The Labute approximate surface area is 236 Å². The van der Waals surface area contributed by atoms with Gasteiger partial charge in [-0.1, -0.05) is 94.9 Å². The SMILES string of the molecule is C.CC1COC(C)(C)O1.CC1OC1(C)C.CCC(C)(C)C.CCC1CCC(C)(C)C1(C)O.C[Si](C)(C)C. The molecule has 2 saturated heterocycles. The molecular formula is C32H72O4Si. The van der Waals surface area contributed by atoms with Gasteiger partial charge in [-0.2, -0.15) is 0 Å². The molecule has 0 bridgehead atoms. The molecule has 3 aliphatic rings. The van der Waals surface area contributed by atoms with E-state index < -0.39 is 13.7 Å². The van der Waals surface area contributed by atoms with Crippen LogP contribution in [0.1, 0.15) is 130 Å². The lowest BCUT2D eigenvalue weighted by atomic mass is 9.75. The zero-order chi connectivity index (χ0) is 29.4. The molecule has 1 saturated carbocycles. The highest BCUT2D eigenvalue weighted by Gasteiger charge is 2.49. The van der Waals surface area contributed by atoms with E-state index in [0.29, 0.717) is 17.4 Å². The lowest BCUT2D eigenvalue weighted by molar-refractivity contribution is -0.136. The van der Waals surface area contributed by atoms with Gasteiger partial charge in [0.25, 0.3) is 0 Å². The molecule has 0 aromatic heterocycles. The number of aliphatic hydroxyl groups is 1. The molecule has 3 fully saturated rings. The summed E-state index contributed by atoms with van der Waals surface area (Å²) in [6, 6.07) is 0. The molecule has 2 heterocycles. The molecule has 228 valence electrons. The Kier molecular flexibility index (Phi) is 17.7. The van der Waals surface area contributed by atoms with Crippen molar-refractivity contribution in [2.45, 2.75) is 185 Å². The highest BCUT2D eigenvalue weighted by Crippen LogP contribution is 2.50. The summed E-state index contributed by atoms with van der Waals surface area (Å²) in [5, 5.41) is 10.2. The molecule has 1 N–H and O–H groups in total. The first-order valence-electron chi connectivity index (χ1n) is 14.4. The van der Waals surface area contributed by atoms with E-state index in [1.165, 1.54) is 19.3 Å². The maximum absolute atomic E-state index is 10.2. The van der Waals surface area contributed by atoms with Crippen LogP contribution in [0.3, 0.4) is 0 Å². The van der Waals surface area contributed by atoms with Crippen LogP contribution in [0.25, 0.3) is 0 Å². The zero-order valence-corrected chi connectivity index (χ0v) is 28.9. The zero-order valence-electron chi connectivity index (χ0n) is 27.9. The van der Waals surface area contributed by atoms with E-state index in [0.717, 1.165) is 13.0 Å². The maximum atomic E-state index is 10.2. The van der Waals surface area contributed by atoms with Crippen molar-refractivity contribution in [1.82, 2.24) is 0 Å². The molecular weight excluding hydrogens is 476 g/mol. The molecule has 0 amide bonds. The minimum atomic E-state index is -0.611. The summed E-state index contributed by atoms with van der Waals surface area (Å²) in [5.74, 6) is 0.178. The van der Waals surface area contributed by atoms with Crippen LogP contribution in [-0.4, -0.2) is 49.0 Å². The average molecular weight is 549 g/mol. The van der Waals surface area contributed by atoms with Gasteiger partial charge in [0.15, 0.2) is 5.79 Å². The fourth-order valence-electron chi connectivity index (χ4n) is 3.52. The topological polar surface area (TPSA) is 51.2 Å². The molecule has 0 radical (unpaired) electrons. The van der Waals surface area contributed by atoms with Crippen LogP contribution < -0.4 is 0 Å². The van der Waals surface area contributed by atoms with Gasteiger partial charge in [0, 0.05) is 8.07 Å².